The standard InChI is InChI=1S/C20H22ClN3O4/c1-14-3-6-19(15(2)11-14)28-13-20(25)23-9-7-22(8-10-23)17-5-4-16(21)12-18(17)24(26)27/h3-6,11-12H,7-10,13H2,1-2H3. The summed E-state index contributed by atoms with van der Waals surface area (Å²) >= 11 is 5.88. The van der Waals surface area contributed by atoms with E-state index >= 15 is 0 Å². The van der Waals surface area contributed by atoms with Crippen molar-refractivity contribution in [1.29, 1.82) is 0 Å². The Morgan fingerprint density at radius 2 is 1.86 bits per heavy atom. The van der Waals surface area contributed by atoms with Crippen LogP contribution < -0.4 is 9.64 Å². The number of hydrogen-bond donors (Lipinski definition) is 0. The molecule has 1 saturated heterocycles. The van der Waals surface area contributed by atoms with Crippen LogP contribution in [0.2, 0.25) is 5.02 Å². The summed E-state index contributed by atoms with van der Waals surface area (Å²) in [7, 11) is 0. The van der Waals surface area contributed by atoms with E-state index in [2.05, 4.69) is 0 Å². The number of hydrogen-bond acceptors (Lipinski definition) is 5. The van der Waals surface area contributed by atoms with Crippen LogP contribution in [-0.4, -0.2) is 48.5 Å². The molecule has 2 aromatic rings. The predicted molar refractivity (Wildman–Crippen MR) is 108 cm³/mol. The zero-order valence-electron chi connectivity index (χ0n) is 15.9. The molecule has 3 rings (SSSR count). The van der Waals surface area contributed by atoms with Crippen LogP contribution in [0.4, 0.5) is 11.4 Å². The number of nitro groups is 1. The van der Waals surface area contributed by atoms with Crippen molar-refractivity contribution < 1.29 is 14.5 Å². The van der Waals surface area contributed by atoms with E-state index in [1.165, 1.54) is 6.07 Å². The second-order valence-corrected chi connectivity index (χ2v) is 7.25. The van der Waals surface area contributed by atoms with Gasteiger partial charge >= 0.3 is 0 Å². The van der Waals surface area contributed by atoms with Crippen molar-refractivity contribution in [3.8, 4) is 5.75 Å². The molecule has 8 heteroatoms. The first kappa shape index (κ1) is 19.9. The van der Waals surface area contributed by atoms with Gasteiger partial charge in [0.25, 0.3) is 11.6 Å². The SMILES string of the molecule is Cc1ccc(OCC(=O)N2CCN(c3ccc(Cl)cc3[N+](=O)[O-])CC2)c(C)c1. The van der Waals surface area contributed by atoms with Gasteiger partial charge in [-0.15, -0.1) is 0 Å². The first-order chi connectivity index (χ1) is 13.3. The topological polar surface area (TPSA) is 75.9 Å². The fourth-order valence-electron chi connectivity index (χ4n) is 3.30. The molecule has 0 radical (unpaired) electrons. The molecule has 0 aromatic heterocycles. The van der Waals surface area contributed by atoms with E-state index in [9.17, 15) is 14.9 Å². The molecule has 0 aliphatic carbocycles. The third-order valence-corrected chi connectivity index (χ3v) is 5.02. The first-order valence-electron chi connectivity index (χ1n) is 9.02. The molecule has 0 saturated carbocycles. The number of halogens is 1. The number of ether oxygens (including phenoxy) is 1. The van der Waals surface area contributed by atoms with E-state index in [1.807, 2.05) is 36.9 Å². The van der Waals surface area contributed by atoms with Gasteiger partial charge in [0, 0.05) is 37.3 Å². The summed E-state index contributed by atoms with van der Waals surface area (Å²) in [6.07, 6.45) is 0. The molecule has 2 aromatic carbocycles. The molecule has 1 aliphatic rings. The molecule has 0 atom stereocenters. The molecule has 1 amide bonds. The van der Waals surface area contributed by atoms with Crippen LogP contribution in [0, 0.1) is 24.0 Å². The van der Waals surface area contributed by atoms with Crippen LogP contribution >= 0.6 is 11.6 Å². The molecule has 28 heavy (non-hydrogen) atoms. The van der Waals surface area contributed by atoms with Crippen LogP contribution in [0.25, 0.3) is 0 Å². The van der Waals surface area contributed by atoms with Crippen molar-refractivity contribution in [2.75, 3.05) is 37.7 Å². The van der Waals surface area contributed by atoms with Crippen molar-refractivity contribution in [2.45, 2.75) is 13.8 Å². The van der Waals surface area contributed by atoms with Gasteiger partial charge in [0.15, 0.2) is 6.61 Å². The zero-order chi connectivity index (χ0) is 20.3. The molecule has 0 N–H and O–H groups in total. The van der Waals surface area contributed by atoms with E-state index in [0.29, 0.717) is 42.6 Å². The lowest BCUT2D eigenvalue weighted by molar-refractivity contribution is -0.384. The summed E-state index contributed by atoms with van der Waals surface area (Å²) in [5, 5.41) is 11.6. The highest BCUT2D eigenvalue weighted by Crippen LogP contribution is 2.31. The Morgan fingerprint density at radius 3 is 2.50 bits per heavy atom. The molecular formula is C20H22ClN3O4. The fraction of sp³-hybridized carbons (Fsp3) is 0.350. The Bertz CT molecular complexity index is 895. The molecular weight excluding hydrogens is 382 g/mol. The molecule has 1 heterocycles. The van der Waals surface area contributed by atoms with Gasteiger partial charge < -0.3 is 14.5 Å². The monoisotopic (exact) mass is 403 g/mol. The highest BCUT2D eigenvalue weighted by atomic mass is 35.5. The van der Waals surface area contributed by atoms with Gasteiger partial charge in [-0.1, -0.05) is 29.3 Å². The minimum Gasteiger partial charge on any atom is -0.484 e. The van der Waals surface area contributed by atoms with Crippen molar-refractivity contribution >= 4 is 28.9 Å². The number of nitro benzene ring substituents is 1. The third-order valence-electron chi connectivity index (χ3n) is 4.79. The predicted octanol–water partition coefficient (Wildman–Crippen LogP) is 3.59. The summed E-state index contributed by atoms with van der Waals surface area (Å²) in [4.78, 5) is 27.0. The largest absolute Gasteiger partial charge is 0.484 e. The maximum Gasteiger partial charge on any atom is 0.294 e. The Kier molecular flexibility index (Phi) is 6.04. The number of benzene rings is 2. The molecule has 0 spiro atoms. The van der Waals surface area contributed by atoms with E-state index in [-0.39, 0.29) is 18.2 Å². The third kappa shape index (κ3) is 4.54. The van der Waals surface area contributed by atoms with Crippen LogP contribution in [0.5, 0.6) is 5.75 Å². The lowest BCUT2D eigenvalue weighted by Crippen LogP contribution is -2.50. The average Bonchev–Trinajstić information content (AvgIpc) is 2.67. The molecule has 0 bridgehead atoms. The Balaban J connectivity index is 1.58. The fourth-order valence-corrected chi connectivity index (χ4v) is 3.47. The highest BCUT2D eigenvalue weighted by Gasteiger charge is 2.26. The van der Waals surface area contributed by atoms with Crippen molar-refractivity contribution in [3.63, 3.8) is 0 Å². The zero-order valence-corrected chi connectivity index (χ0v) is 16.6. The Morgan fingerprint density at radius 1 is 1.14 bits per heavy atom. The number of amides is 1. The van der Waals surface area contributed by atoms with Crippen LogP contribution in [-0.2, 0) is 4.79 Å². The Hall–Kier alpha value is -2.80. The second-order valence-electron chi connectivity index (χ2n) is 6.82. The summed E-state index contributed by atoms with van der Waals surface area (Å²) in [6, 6.07) is 10.5. The van der Waals surface area contributed by atoms with E-state index in [1.54, 1.807) is 17.0 Å². The van der Waals surface area contributed by atoms with Gasteiger partial charge in [-0.05, 0) is 37.6 Å². The molecule has 0 unspecified atom stereocenters. The van der Waals surface area contributed by atoms with Crippen LogP contribution in [0.3, 0.4) is 0 Å². The molecule has 1 fully saturated rings. The van der Waals surface area contributed by atoms with Crippen LogP contribution in [0.15, 0.2) is 36.4 Å². The van der Waals surface area contributed by atoms with Gasteiger partial charge in [-0.2, -0.15) is 0 Å². The van der Waals surface area contributed by atoms with Gasteiger partial charge in [-0.25, -0.2) is 0 Å². The molecule has 148 valence electrons. The minimum absolute atomic E-state index is 0.0227. The highest BCUT2D eigenvalue weighted by molar-refractivity contribution is 6.30. The van der Waals surface area contributed by atoms with Gasteiger partial charge in [0.2, 0.25) is 0 Å². The quantitative estimate of drug-likeness (QED) is 0.563. The average molecular weight is 404 g/mol. The van der Waals surface area contributed by atoms with Gasteiger partial charge in [-0.3, -0.25) is 14.9 Å². The second kappa shape index (κ2) is 8.48. The Labute approximate surface area is 168 Å². The maximum atomic E-state index is 12.5. The number of aryl methyl sites for hydroxylation is 2. The first-order valence-corrected chi connectivity index (χ1v) is 9.39. The van der Waals surface area contributed by atoms with E-state index in [4.69, 9.17) is 16.3 Å². The summed E-state index contributed by atoms with van der Waals surface area (Å²) in [5.41, 5.74) is 2.63. The normalized spacial score (nSPS) is 14.1. The van der Waals surface area contributed by atoms with Crippen molar-refractivity contribution in [3.05, 3.63) is 62.7 Å². The lowest BCUT2D eigenvalue weighted by Gasteiger charge is -2.35. The van der Waals surface area contributed by atoms with Gasteiger partial charge in [0.1, 0.15) is 11.4 Å². The summed E-state index contributed by atoms with van der Waals surface area (Å²) in [5.74, 6) is 0.611. The summed E-state index contributed by atoms with van der Waals surface area (Å²) < 4.78 is 5.67. The number of nitrogens with zero attached hydrogens (tertiary/aromatic N) is 3. The van der Waals surface area contributed by atoms with Crippen LogP contribution in [0.1, 0.15) is 11.1 Å². The minimum atomic E-state index is -0.434. The van der Waals surface area contributed by atoms with Gasteiger partial charge in [0.05, 0.1) is 4.92 Å². The number of carbonyl (C=O) groups excluding carboxylic acids is 1. The smallest absolute Gasteiger partial charge is 0.294 e. The van der Waals surface area contributed by atoms with E-state index < -0.39 is 4.92 Å². The number of anilines is 1. The molecule has 7 nitrogen and oxygen atoms in total. The maximum absolute atomic E-state index is 12.5. The number of piperazine rings is 1. The lowest BCUT2D eigenvalue weighted by atomic mass is 10.1. The van der Waals surface area contributed by atoms with E-state index in [0.717, 1.165) is 11.1 Å². The molecule has 1 aliphatic heterocycles. The summed E-state index contributed by atoms with van der Waals surface area (Å²) in [6.45, 7) is 5.92. The number of rotatable bonds is 5. The van der Waals surface area contributed by atoms with Crippen molar-refractivity contribution in [2.24, 2.45) is 0 Å². The van der Waals surface area contributed by atoms with Crippen molar-refractivity contribution in [1.82, 2.24) is 4.90 Å². The number of carbonyl (C=O) groups is 1.